The number of halogens is 2. The first-order valence-corrected chi connectivity index (χ1v) is 6.16. The van der Waals surface area contributed by atoms with Gasteiger partial charge in [-0.3, -0.25) is 0 Å². The van der Waals surface area contributed by atoms with Crippen LogP contribution in [0.15, 0.2) is 16.6 Å². The third-order valence-corrected chi connectivity index (χ3v) is 4.31. The number of hydrogen-bond donors (Lipinski definition) is 1. The molecule has 2 nitrogen and oxygen atoms in total. The zero-order valence-electron chi connectivity index (χ0n) is 9.22. The Bertz CT molecular complexity index is 399. The van der Waals surface area contributed by atoms with E-state index in [1.54, 1.807) is 13.2 Å². The van der Waals surface area contributed by atoms with E-state index in [2.05, 4.69) is 15.9 Å². The number of methoxy groups -OCH3 is 1. The summed E-state index contributed by atoms with van der Waals surface area (Å²) < 4.78 is 19.5. The average molecular weight is 288 g/mol. The van der Waals surface area contributed by atoms with Crippen LogP contribution in [-0.4, -0.2) is 13.7 Å². The van der Waals surface area contributed by atoms with Gasteiger partial charge >= 0.3 is 0 Å². The number of rotatable bonds is 3. The van der Waals surface area contributed by atoms with Gasteiger partial charge in [0.15, 0.2) is 0 Å². The van der Waals surface area contributed by atoms with Crippen LogP contribution in [0.5, 0.6) is 5.75 Å². The SMILES string of the molecule is COc1cc(F)cc(C2(CN)CCC2)c1Br. The molecule has 0 aromatic heterocycles. The first kappa shape index (κ1) is 11.9. The first-order valence-electron chi connectivity index (χ1n) is 5.36. The highest BCUT2D eigenvalue weighted by Crippen LogP contribution is 2.47. The Kier molecular flexibility index (Phi) is 3.22. The largest absolute Gasteiger partial charge is 0.495 e. The van der Waals surface area contributed by atoms with Gasteiger partial charge in [-0.15, -0.1) is 0 Å². The maximum atomic E-state index is 13.5. The van der Waals surface area contributed by atoms with Crippen LogP contribution in [0.2, 0.25) is 0 Å². The summed E-state index contributed by atoms with van der Waals surface area (Å²) in [7, 11) is 1.54. The zero-order valence-corrected chi connectivity index (χ0v) is 10.8. The minimum atomic E-state index is -0.269. The van der Waals surface area contributed by atoms with Gasteiger partial charge in [0.05, 0.1) is 11.6 Å². The lowest BCUT2D eigenvalue weighted by atomic mass is 9.64. The summed E-state index contributed by atoms with van der Waals surface area (Å²) in [6.45, 7) is 0.554. The number of hydrogen-bond acceptors (Lipinski definition) is 2. The molecule has 2 rings (SSSR count). The van der Waals surface area contributed by atoms with E-state index in [-0.39, 0.29) is 11.2 Å². The van der Waals surface area contributed by atoms with Gasteiger partial charge in [-0.2, -0.15) is 0 Å². The van der Waals surface area contributed by atoms with E-state index >= 15 is 0 Å². The topological polar surface area (TPSA) is 35.2 Å². The predicted octanol–water partition coefficient (Wildman–Crippen LogP) is 2.98. The van der Waals surface area contributed by atoms with Gasteiger partial charge in [0, 0.05) is 18.0 Å². The quantitative estimate of drug-likeness (QED) is 0.928. The third-order valence-electron chi connectivity index (χ3n) is 3.50. The minimum Gasteiger partial charge on any atom is -0.495 e. The molecule has 0 unspecified atom stereocenters. The molecule has 0 heterocycles. The second-order valence-corrected chi connectivity index (χ2v) is 5.10. The van der Waals surface area contributed by atoms with Gasteiger partial charge in [-0.05, 0) is 40.4 Å². The molecule has 1 fully saturated rings. The van der Waals surface area contributed by atoms with Gasteiger partial charge in [0.1, 0.15) is 11.6 Å². The molecular weight excluding hydrogens is 273 g/mol. The van der Waals surface area contributed by atoms with E-state index in [0.717, 1.165) is 29.3 Å². The molecule has 4 heteroatoms. The lowest BCUT2D eigenvalue weighted by molar-refractivity contribution is 0.249. The Morgan fingerprint density at radius 2 is 2.19 bits per heavy atom. The predicted molar refractivity (Wildman–Crippen MR) is 65.2 cm³/mol. The maximum Gasteiger partial charge on any atom is 0.136 e. The second kappa shape index (κ2) is 4.34. The fourth-order valence-corrected chi connectivity index (χ4v) is 3.10. The summed E-state index contributed by atoms with van der Waals surface area (Å²) in [5.41, 5.74) is 6.71. The molecule has 0 spiro atoms. The number of nitrogens with two attached hydrogens (primary N) is 1. The summed E-state index contributed by atoms with van der Waals surface area (Å²) in [6.07, 6.45) is 3.20. The molecule has 1 aromatic rings. The van der Waals surface area contributed by atoms with Crippen molar-refractivity contribution in [3.8, 4) is 5.75 Å². The van der Waals surface area contributed by atoms with Crippen LogP contribution >= 0.6 is 15.9 Å². The summed E-state index contributed by atoms with van der Waals surface area (Å²) in [6, 6.07) is 2.95. The van der Waals surface area contributed by atoms with E-state index in [4.69, 9.17) is 10.5 Å². The molecule has 0 radical (unpaired) electrons. The van der Waals surface area contributed by atoms with Gasteiger partial charge in [-0.25, -0.2) is 4.39 Å². The van der Waals surface area contributed by atoms with Crippen LogP contribution in [0.4, 0.5) is 4.39 Å². The van der Waals surface area contributed by atoms with Crippen LogP contribution in [0.1, 0.15) is 24.8 Å². The van der Waals surface area contributed by atoms with E-state index in [1.807, 2.05) is 0 Å². The number of benzene rings is 1. The fraction of sp³-hybridized carbons (Fsp3) is 0.500. The van der Waals surface area contributed by atoms with E-state index in [0.29, 0.717) is 12.3 Å². The highest BCUT2D eigenvalue weighted by molar-refractivity contribution is 9.10. The zero-order chi connectivity index (χ0) is 11.8. The Hall–Kier alpha value is -0.610. The lowest BCUT2D eigenvalue weighted by Gasteiger charge is -2.42. The Labute approximate surface area is 103 Å². The molecule has 0 aliphatic heterocycles. The minimum absolute atomic E-state index is 0.0613. The highest BCUT2D eigenvalue weighted by Gasteiger charge is 2.39. The Balaban J connectivity index is 2.51. The third kappa shape index (κ3) is 1.74. The Morgan fingerprint density at radius 1 is 1.50 bits per heavy atom. The van der Waals surface area contributed by atoms with Crippen LogP contribution in [0.3, 0.4) is 0 Å². The average Bonchev–Trinajstić information content (AvgIpc) is 2.21. The molecule has 16 heavy (non-hydrogen) atoms. The monoisotopic (exact) mass is 287 g/mol. The molecule has 88 valence electrons. The van der Waals surface area contributed by atoms with Crippen molar-refractivity contribution in [2.24, 2.45) is 5.73 Å². The molecule has 0 atom stereocenters. The smallest absolute Gasteiger partial charge is 0.136 e. The molecular formula is C12H15BrFNO. The van der Waals surface area contributed by atoms with Crippen molar-refractivity contribution in [1.82, 2.24) is 0 Å². The molecule has 1 saturated carbocycles. The van der Waals surface area contributed by atoms with Gasteiger partial charge in [0.25, 0.3) is 0 Å². The van der Waals surface area contributed by atoms with Gasteiger partial charge in [0.2, 0.25) is 0 Å². The van der Waals surface area contributed by atoms with Crippen LogP contribution in [0.25, 0.3) is 0 Å². The van der Waals surface area contributed by atoms with Crippen LogP contribution in [-0.2, 0) is 5.41 Å². The molecule has 1 aliphatic carbocycles. The van der Waals surface area contributed by atoms with Gasteiger partial charge < -0.3 is 10.5 Å². The van der Waals surface area contributed by atoms with Crippen LogP contribution < -0.4 is 10.5 Å². The summed E-state index contributed by atoms with van der Waals surface area (Å²) >= 11 is 3.48. The van der Waals surface area contributed by atoms with Crippen molar-refractivity contribution < 1.29 is 9.13 Å². The fourth-order valence-electron chi connectivity index (χ4n) is 2.29. The summed E-state index contributed by atoms with van der Waals surface area (Å²) in [5, 5.41) is 0. The van der Waals surface area contributed by atoms with E-state index in [1.165, 1.54) is 6.07 Å². The van der Waals surface area contributed by atoms with Crippen molar-refractivity contribution >= 4 is 15.9 Å². The molecule has 0 amide bonds. The van der Waals surface area contributed by atoms with E-state index < -0.39 is 0 Å². The van der Waals surface area contributed by atoms with Gasteiger partial charge in [-0.1, -0.05) is 6.42 Å². The normalized spacial score (nSPS) is 18.0. The summed E-state index contributed by atoms with van der Waals surface area (Å²) in [5.74, 6) is 0.268. The lowest BCUT2D eigenvalue weighted by Crippen LogP contribution is -2.41. The maximum absolute atomic E-state index is 13.5. The highest BCUT2D eigenvalue weighted by atomic mass is 79.9. The standard InChI is InChI=1S/C12H15BrFNO/c1-16-10-6-8(14)5-9(11(10)13)12(7-15)3-2-4-12/h5-6H,2-4,7,15H2,1H3. The Morgan fingerprint density at radius 3 is 2.62 bits per heavy atom. The molecule has 0 saturated heterocycles. The van der Waals surface area contributed by atoms with E-state index in [9.17, 15) is 4.39 Å². The van der Waals surface area contributed by atoms with Crippen molar-refractivity contribution in [2.45, 2.75) is 24.7 Å². The van der Waals surface area contributed by atoms with Crippen molar-refractivity contribution in [1.29, 1.82) is 0 Å². The van der Waals surface area contributed by atoms with Crippen molar-refractivity contribution in [3.05, 3.63) is 28.0 Å². The molecule has 2 N–H and O–H groups in total. The molecule has 1 aliphatic rings. The first-order chi connectivity index (χ1) is 7.63. The number of ether oxygens (including phenoxy) is 1. The van der Waals surface area contributed by atoms with Crippen molar-refractivity contribution in [2.75, 3.05) is 13.7 Å². The molecule has 0 bridgehead atoms. The summed E-state index contributed by atoms with van der Waals surface area (Å²) in [4.78, 5) is 0. The molecule has 1 aromatic carbocycles. The van der Waals surface area contributed by atoms with Crippen LogP contribution in [0, 0.1) is 5.82 Å². The van der Waals surface area contributed by atoms with Crippen molar-refractivity contribution in [3.63, 3.8) is 0 Å². The second-order valence-electron chi connectivity index (χ2n) is 4.31.